The number of amides is 1. The van der Waals surface area contributed by atoms with Crippen molar-refractivity contribution in [1.82, 2.24) is 14.7 Å². The highest BCUT2D eigenvalue weighted by atomic mass is 32.2. The number of aryl methyl sites for hydroxylation is 1. The molecule has 6 heteroatoms. The van der Waals surface area contributed by atoms with Crippen molar-refractivity contribution in [2.75, 3.05) is 5.75 Å². The van der Waals surface area contributed by atoms with Crippen LogP contribution in [0, 0.1) is 6.92 Å². The zero-order valence-corrected chi connectivity index (χ0v) is 14.2. The van der Waals surface area contributed by atoms with Gasteiger partial charge in [-0.25, -0.2) is 4.98 Å². The molecule has 23 heavy (non-hydrogen) atoms. The third-order valence-corrected chi connectivity index (χ3v) is 5.17. The second-order valence-electron chi connectivity index (χ2n) is 6.22. The van der Waals surface area contributed by atoms with Crippen molar-refractivity contribution in [1.29, 1.82) is 0 Å². The number of hydrogen-bond acceptors (Lipinski definition) is 4. The fourth-order valence-corrected chi connectivity index (χ4v) is 3.72. The second kappa shape index (κ2) is 7.36. The highest BCUT2D eigenvalue weighted by Crippen LogP contribution is 2.19. The number of pyridine rings is 1. The van der Waals surface area contributed by atoms with Crippen LogP contribution in [-0.4, -0.2) is 38.3 Å². The van der Waals surface area contributed by atoms with Crippen LogP contribution in [0.3, 0.4) is 0 Å². The first-order valence-electron chi connectivity index (χ1n) is 8.11. The Morgan fingerprint density at radius 2 is 2.22 bits per heavy atom. The molecular formula is C17H23N3O2S. The van der Waals surface area contributed by atoms with Gasteiger partial charge in [0.15, 0.2) is 0 Å². The summed E-state index contributed by atoms with van der Waals surface area (Å²) in [5.74, 6) is 1.11. The molecule has 2 aromatic heterocycles. The molecule has 2 unspecified atom stereocenters. The summed E-state index contributed by atoms with van der Waals surface area (Å²) < 4.78 is 2.02. The van der Waals surface area contributed by atoms with E-state index in [1.807, 2.05) is 28.9 Å². The van der Waals surface area contributed by atoms with Gasteiger partial charge in [-0.2, -0.15) is 0 Å². The van der Waals surface area contributed by atoms with Crippen molar-refractivity contribution in [3.8, 4) is 0 Å². The van der Waals surface area contributed by atoms with E-state index in [0.717, 1.165) is 37.0 Å². The average molecular weight is 333 g/mol. The Labute approximate surface area is 140 Å². The monoisotopic (exact) mass is 333 g/mol. The van der Waals surface area contributed by atoms with Crippen LogP contribution >= 0.6 is 11.8 Å². The van der Waals surface area contributed by atoms with E-state index in [9.17, 15) is 9.90 Å². The largest absolute Gasteiger partial charge is 0.391 e. The van der Waals surface area contributed by atoms with Crippen molar-refractivity contribution in [3.05, 3.63) is 35.8 Å². The molecule has 2 N–H and O–H groups in total. The summed E-state index contributed by atoms with van der Waals surface area (Å²) in [6, 6.07) is 3.97. The number of carbonyl (C=O) groups is 1. The number of aliphatic hydroxyl groups is 1. The first-order chi connectivity index (χ1) is 11.1. The van der Waals surface area contributed by atoms with E-state index < -0.39 is 0 Å². The summed E-state index contributed by atoms with van der Waals surface area (Å²) in [5.41, 5.74) is 3.10. The van der Waals surface area contributed by atoms with Crippen molar-refractivity contribution in [3.63, 3.8) is 0 Å². The highest BCUT2D eigenvalue weighted by molar-refractivity contribution is 7.99. The van der Waals surface area contributed by atoms with Crippen LogP contribution in [-0.2, 0) is 10.5 Å². The van der Waals surface area contributed by atoms with Gasteiger partial charge < -0.3 is 14.8 Å². The average Bonchev–Trinajstić information content (AvgIpc) is 2.91. The van der Waals surface area contributed by atoms with E-state index in [1.165, 1.54) is 5.56 Å². The van der Waals surface area contributed by atoms with Gasteiger partial charge in [-0.05, 0) is 31.4 Å². The molecule has 0 saturated heterocycles. The predicted octanol–water partition coefficient (Wildman–Crippen LogP) is 2.30. The normalized spacial score (nSPS) is 21.5. The predicted molar refractivity (Wildman–Crippen MR) is 92.5 cm³/mol. The number of imidazole rings is 1. The van der Waals surface area contributed by atoms with Gasteiger partial charge in [-0.1, -0.05) is 18.9 Å². The van der Waals surface area contributed by atoms with E-state index in [-0.39, 0.29) is 18.1 Å². The van der Waals surface area contributed by atoms with Crippen molar-refractivity contribution in [2.45, 2.75) is 50.5 Å². The summed E-state index contributed by atoms with van der Waals surface area (Å²) >= 11 is 1.55. The lowest BCUT2D eigenvalue weighted by Gasteiger charge is -2.28. The molecule has 1 saturated carbocycles. The number of hydrogen-bond donors (Lipinski definition) is 2. The minimum atomic E-state index is -0.389. The first-order valence-corrected chi connectivity index (χ1v) is 9.27. The first kappa shape index (κ1) is 16.3. The minimum absolute atomic E-state index is 0.000517. The molecule has 1 aliphatic rings. The molecule has 1 fully saturated rings. The lowest BCUT2D eigenvalue weighted by Crippen LogP contribution is -2.45. The number of aromatic nitrogens is 2. The number of thioether (sulfide) groups is 1. The topological polar surface area (TPSA) is 66.6 Å². The van der Waals surface area contributed by atoms with Crippen molar-refractivity contribution >= 4 is 23.3 Å². The summed E-state index contributed by atoms with van der Waals surface area (Å²) in [4.78, 5) is 16.5. The van der Waals surface area contributed by atoms with Crippen LogP contribution in [0.15, 0.2) is 24.5 Å². The number of rotatable bonds is 5. The number of fused-ring (bicyclic) bond motifs is 1. The van der Waals surface area contributed by atoms with Gasteiger partial charge in [0, 0.05) is 18.1 Å². The summed E-state index contributed by atoms with van der Waals surface area (Å²) in [7, 11) is 0. The molecule has 3 rings (SSSR count). The molecule has 1 aliphatic carbocycles. The fourth-order valence-electron chi connectivity index (χ4n) is 3.00. The smallest absolute Gasteiger partial charge is 0.230 e. The standard InChI is InChI=1S/C17H23N3O2S/c1-12-6-7-16-18-13(9-20(16)8-12)10-23-11-17(22)19-14-4-2-3-5-15(14)21/h6-9,14-15,21H,2-5,10-11H2,1H3,(H,19,22). The molecule has 0 aromatic carbocycles. The van der Waals surface area contributed by atoms with Crippen LogP contribution < -0.4 is 5.32 Å². The molecule has 0 spiro atoms. The minimum Gasteiger partial charge on any atom is -0.391 e. The molecule has 0 bridgehead atoms. The van der Waals surface area contributed by atoms with Gasteiger partial charge in [0.25, 0.3) is 0 Å². The number of nitrogens with one attached hydrogen (secondary N) is 1. The summed E-state index contributed by atoms with van der Waals surface area (Å²) in [6.07, 6.45) is 7.47. The number of nitrogens with zero attached hydrogens (tertiary/aromatic N) is 2. The highest BCUT2D eigenvalue weighted by Gasteiger charge is 2.24. The zero-order chi connectivity index (χ0) is 16.2. The lowest BCUT2D eigenvalue weighted by atomic mass is 9.93. The molecule has 124 valence electrons. The van der Waals surface area contributed by atoms with Crippen LogP contribution in [0.2, 0.25) is 0 Å². The SMILES string of the molecule is Cc1ccc2nc(CSCC(=O)NC3CCCCC3O)cn2c1. The van der Waals surface area contributed by atoms with Crippen LogP contribution in [0.1, 0.15) is 36.9 Å². The Bertz CT molecular complexity index is 686. The summed E-state index contributed by atoms with van der Waals surface area (Å²) in [5, 5.41) is 12.8. The van der Waals surface area contributed by atoms with Gasteiger partial charge in [-0.15, -0.1) is 11.8 Å². The maximum atomic E-state index is 12.0. The molecule has 0 radical (unpaired) electrons. The molecule has 2 heterocycles. The molecule has 2 aromatic rings. The van der Waals surface area contributed by atoms with Crippen LogP contribution in [0.25, 0.3) is 5.65 Å². The number of aliphatic hydroxyl groups excluding tert-OH is 1. The van der Waals surface area contributed by atoms with Gasteiger partial charge in [0.05, 0.1) is 23.6 Å². The Balaban J connectivity index is 1.47. The van der Waals surface area contributed by atoms with Gasteiger partial charge >= 0.3 is 0 Å². The van der Waals surface area contributed by atoms with Gasteiger partial charge in [-0.3, -0.25) is 4.79 Å². The van der Waals surface area contributed by atoms with Crippen molar-refractivity contribution in [2.24, 2.45) is 0 Å². The second-order valence-corrected chi connectivity index (χ2v) is 7.21. The van der Waals surface area contributed by atoms with Crippen LogP contribution in [0.4, 0.5) is 0 Å². The molecule has 1 amide bonds. The van der Waals surface area contributed by atoms with Gasteiger partial charge in [0.2, 0.25) is 5.91 Å². The maximum Gasteiger partial charge on any atom is 0.230 e. The Hall–Kier alpha value is -1.53. The van der Waals surface area contributed by atoms with Gasteiger partial charge in [0.1, 0.15) is 5.65 Å². The van der Waals surface area contributed by atoms with E-state index >= 15 is 0 Å². The van der Waals surface area contributed by atoms with E-state index in [0.29, 0.717) is 11.5 Å². The van der Waals surface area contributed by atoms with Crippen molar-refractivity contribution < 1.29 is 9.90 Å². The van der Waals surface area contributed by atoms with E-state index in [4.69, 9.17) is 0 Å². The molecule has 5 nitrogen and oxygen atoms in total. The lowest BCUT2D eigenvalue weighted by molar-refractivity contribution is -0.120. The quantitative estimate of drug-likeness (QED) is 0.881. The van der Waals surface area contributed by atoms with E-state index in [1.54, 1.807) is 11.8 Å². The Morgan fingerprint density at radius 3 is 3.04 bits per heavy atom. The number of carbonyl (C=O) groups excluding carboxylic acids is 1. The Morgan fingerprint density at radius 1 is 1.39 bits per heavy atom. The third-order valence-electron chi connectivity index (χ3n) is 4.21. The fraction of sp³-hybridized carbons (Fsp3) is 0.529. The summed E-state index contributed by atoms with van der Waals surface area (Å²) in [6.45, 7) is 2.05. The molecular weight excluding hydrogens is 310 g/mol. The third kappa shape index (κ3) is 4.26. The maximum absolute atomic E-state index is 12.0. The molecule has 2 atom stereocenters. The van der Waals surface area contributed by atoms with Crippen LogP contribution in [0.5, 0.6) is 0 Å². The Kier molecular flexibility index (Phi) is 5.23. The molecule has 0 aliphatic heterocycles. The zero-order valence-electron chi connectivity index (χ0n) is 13.4. The van der Waals surface area contributed by atoms with E-state index in [2.05, 4.69) is 17.2 Å².